The van der Waals surface area contributed by atoms with Gasteiger partial charge in [0.2, 0.25) is 5.91 Å². The van der Waals surface area contributed by atoms with Crippen LogP contribution in [0.5, 0.6) is 0 Å². The molecule has 2 N–H and O–H groups in total. The van der Waals surface area contributed by atoms with Gasteiger partial charge in [0.15, 0.2) is 0 Å². The minimum atomic E-state index is -0.839. The van der Waals surface area contributed by atoms with Crippen LogP contribution in [0.1, 0.15) is 42.7 Å². The van der Waals surface area contributed by atoms with E-state index in [0.717, 1.165) is 31.2 Å². The Labute approximate surface area is 111 Å². The Morgan fingerprint density at radius 3 is 2.63 bits per heavy atom. The number of carbonyl (C=O) groups is 2. The predicted molar refractivity (Wildman–Crippen MR) is 69.9 cm³/mol. The molecule has 4 nitrogen and oxygen atoms in total. The highest BCUT2D eigenvalue weighted by atomic mass is 16.4. The molecule has 1 aromatic rings. The van der Waals surface area contributed by atoms with Crippen molar-refractivity contribution in [1.29, 1.82) is 0 Å². The second-order valence-corrected chi connectivity index (χ2v) is 5.65. The van der Waals surface area contributed by atoms with Crippen LogP contribution in [0, 0.1) is 0 Å². The quantitative estimate of drug-likeness (QED) is 0.867. The molecule has 2 aliphatic carbocycles. The van der Waals surface area contributed by atoms with E-state index >= 15 is 0 Å². The molecule has 0 aliphatic heterocycles. The van der Waals surface area contributed by atoms with Crippen LogP contribution in [-0.4, -0.2) is 22.5 Å². The highest BCUT2D eigenvalue weighted by molar-refractivity contribution is 5.88. The van der Waals surface area contributed by atoms with Crippen molar-refractivity contribution in [2.45, 2.75) is 43.6 Å². The van der Waals surface area contributed by atoms with E-state index in [-0.39, 0.29) is 18.2 Å². The van der Waals surface area contributed by atoms with Crippen molar-refractivity contribution in [3.63, 3.8) is 0 Å². The van der Waals surface area contributed by atoms with E-state index < -0.39 is 11.5 Å². The lowest BCUT2D eigenvalue weighted by atomic mass is 9.72. The summed E-state index contributed by atoms with van der Waals surface area (Å²) in [6.45, 7) is 0. The van der Waals surface area contributed by atoms with E-state index in [2.05, 4.69) is 5.32 Å². The zero-order chi connectivity index (χ0) is 13.5. The number of carboxylic acids is 1. The fourth-order valence-corrected chi connectivity index (χ4v) is 3.08. The maximum Gasteiger partial charge on any atom is 0.305 e. The third-order valence-corrected chi connectivity index (χ3v) is 4.36. The number of aliphatic carboxylic acids is 1. The molecule has 1 amide bonds. The summed E-state index contributed by atoms with van der Waals surface area (Å²) in [6, 6.07) is 7.93. The molecule has 1 atom stereocenters. The van der Waals surface area contributed by atoms with E-state index in [1.54, 1.807) is 0 Å². The Bertz CT molecular complexity index is 534. The van der Waals surface area contributed by atoms with Crippen molar-refractivity contribution < 1.29 is 14.7 Å². The van der Waals surface area contributed by atoms with Crippen LogP contribution in [0.3, 0.4) is 0 Å². The monoisotopic (exact) mass is 259 g/mol. The van der Waals surface area contributed by atoms with E-state index in [1.165, 1.54) is 5.56 Å². The van der Waals surface area contributed by atoms with Gasteiger partial charge >= 0.3 is 5.97 Å². The molecular weight excluding hydrogens is 242 g/mol. The lowest BCUT2D eigenvalue weighted by molar-refractivity contribution is -0.140. The molecular formula is C15H17NO3. The molecule has 0 spiro atoms. The van der Waals surface area contributed by atoms with Crippen molar-refractivity contribution in [1.82, 2.24) is 5.32 Å². The van der Waals surface area contributed by atoms with Gasteiger partial charge in [-0.3, -0.25) is 9.59 Å². The number of carbonyl (C=O) groups excluding carboxylic acids is 1. The molecule has 19 heavy (non-hydrogen) atoms. The van der Waals surface area contributed by atoms with Gasteiger partial charge in [-0.15, -0.1) is 0 Å². The third kappa shape index (κ3) is 2.11. The Morgan fingerprint density at radius 1 is 1.32 bits per heavy atom. The lowest BCUT2D eigenvalue weighted by Crippen LogP contribution is -2.56. The van der Waals surface area contributed by atoms with E-state index in [9.17, 15) is 9.59 Å². The predicted octanol–water partition coefficient (Wildman–Crippen LogP) is 1.84. The van der Waals surface area contributed by atoms with Crippen molar-refractivity contribution in [2.75, 3.05) is 0 Å². The zero-order valence-electron chi connectivity index (χ0n) is 10.7. The van der Waals surface area contributed by atoms with Crippen LogP contribution >= 0.6 is 0 Å². The molecule has 1 fully saturated rings. The highest BCUT2D eigenvalue weighted by Gasteiger charge is 2.43. The second kappa shape index (κ2) is 4.37. The minimum absolute atomic E-state index is 0.0142. The van der Waals surface area contributed by atoms with Crippen molar-refractivity contribution in [2.24, 2.45) is 0 Å². The maximum absolute atomic E-state index is 12.3. The molecule has 1 unspecified atom stereocenters. The molecule has 1 aromatic carbocycles. The Hall–Kier alpha value is -1.84. The minimum Gasteiger partial charge on any atom is -0.481 e. The first kappa shape index (κ1) is 12.2. The summed E-state index contributed by atoms with van der Waals surface area (Å²) >= 11 is 0. The molecule has 0 radical (unpaired) electrons. The van der Waals surface area contributed by atoms with Crippen molar-refractivity contribution >= 4 is 11.9 Å². The largest absolute Gasteiger partial charge is 0.481 e. The van der Waals surface area contributed by atoms with Crippen LogP contribution in [0.15, 0.2) is 24.3 Å². The molecule has 0 bridgehead atoms. The van der Waals surface area contributed by atoms with Crippen LogP contribution in [-0.2, 0) is 16.0 Å². The molecule has 0 heterocycles. The van der Waals surface area contributed by atoms with Gasteiger partial charge in [-0.1, -0.05) is 24.3 Å². The Morgan fingerprint density at radius 2 is 2.05 bits per heavy atom. The lowest BCUT2D eigenvalue weighted by Gasteiger charge is -2.43. The number of hydrogen-bond donors (Lipinski definition) is 2. The summed E-state index contributed by atoms with van der Waals surface area (Å²) in [4.78, 5) is 23.2. The summed E-state index contributed by atoms with van der Waals surface area (Å²) in [6.07, 6.45) is 3.35. The first-order valence-corrected chi connectivity index (χ1v) is 6.71. The summed E-state index contributed by atoms with van der Waals surface area (Å²) in [7, 11) is 0. The third-order valence-electron chi connectivity index (χ3n) is 4.36. The number of nitrogens with one attached hydrogen (secondary N) is 1. The molecule has 0 saturated heterocycles. The summed E-state index contributed by atoms with van der Waals surface area (Å²) in [5.41, 5.74) is 1.82. The smallest absolute Gasteiger partial charge is 0.305 e. The number of amides is 1. The molecule has 3 rings (SSSR count). The fourth-order valence-electron chi connectivity index (χ4n) is 3.08. The Kier molecular flexibility index (Phi) is 2.81. The first-order chi connectivity index (χ1) is 9.10. The van der Waals surface area contributed by atoms with Crippen LogP contribution in [0.2, 0.25) is 0 Å². The average molecular weight is 259 g/mol. The second-order valence-electron chi connectivity index (χ2n) is 5.65. The van der Waals surface area contributed by atoms with Crippen LogP contribution in [0.4, 0.5) is 0 Å². The first-order valence-electron chi connectivity index (χ1n) is 6.71. The summed E-state index contributed by atoms with van der Waals surface area (Å²) in [5.74, 6) is -0.948. The SMILES string of the molecule is O=C(O)CC1(NC(=O)C2Cc3ccccc32)CCC1. The van der Waals surface area contributed by atoms with Gasteiger partial charge in [0.1, 0.15) is 0 Å². The molecule has 100 valence electrons. The van der Waals surface area contributed by atoms with Crippen LogP contribution < -0.4 is 5.32 Å². The summed E-state index contributed by atoms with van der Waals surface area (Å²) < 4.78 is 0. The number of carboxylic acid groups (broad SMARTS) is 1. The maximum atomic E-state index is 12.3. The number of hydrogen-bond acceptors (Lipinski definition) is 2. The standard InChI is InChI=1S/C15H17NO3/c17-13(18)9-15(6-3-7-15)16-14(19)12-8-10-4-1-2-5-11(10)12/h1-2,4-5,12H,3,6-9H2,(H,16,19)(H,17,18). The van der Waals surface area contributed by atoms with Gasteiger partial charge in [-0.25, -0.2) is 0 Å². The number of rotatable bonds is 4. The highest BCUT2D eigenvalue weighted by Crippen LogP contribution is 2.39. The normalized spacial score (nSPS) is 22.6. The molecule has 0 aromatic heterocycles. The topological polar surface area (TPSA) is 66.4 Å². The molecule has 1 saturated carbocycles. The number of fused-ring (bicyclic) bond motifs is 1. The van der Waals surface area contributed by atoms with Gasteiger partial charge < -0.3 is 10.4 Å². The fraction of sp³-hybridized carbons (Fsp3) is 0.467. The number of benzene rings is 1. The zero-order valence-corrected chi connectivity index (χ0v) is 10.7. The van der Waals surface area contributed by atoms with E-state index in [4.69, 9.17) is 5.11 Å². The van der Waals surface area contributed by atoms with E-state index in [1.807, 2.05) is 24.3 Å². The van der Waals surface area contributed by atoms with Gasteiger partial charge in [0, 0.05) is 0 Å². The van der Waals surface area contributed by atoms with E-state index in [0.29, 0.717) is 0 Å². The van der Waals surface area contributed by atoms with Gasteiger partial charge in [0.05, 0.1) is 17.9 Å². The van der Waals surface area contributed by atoms with Gasteiger partial charge in [0.25, 0.3) is 0 Å². The Balaban J connectivity index is 1.68. The van der Waals surface area contributed by atoms with Crippen LogP contribution in [0.25, 0.3) is 0 Å². The molecule has 2 aliphatic rings. The van der Waals surface area contributed by atoms with Crippen molar-refractivity contribution in [3.8, 4) is 0 Å². The average Bonchev–Trinajstić information content (AvgIpc) is 2.27. The van der Waals surface area contributed by atoms with Gasteiger partial charge in [-0.05, 0) is 36.8 Å². The summed E-state index contributed by atoms with van der Waals surface area (Å²) in [5, 5.41) is 11.9. The van der Waals surface area contributed by atoms with Gasteiger partial charge in [-0.2, -0.15) is 0 Å². The molecule has 4 heteroatoms. The van der Waals surface area contributed by atoms with Crippen molar-refractivity contribution in [3.05, 3.63) is 35.4 Å².